The van der Waals surface area contributed by atoms with E-state index in [2.05, 4.69) is 13.0 Å². The van der Waals surface area contributed by atoms with Crippen LogP contribution in [0.3, 0.4) is 0 Å². The molecule has 16 heavy (non-hydrogen) atoms. The van der Waals surface area contributed by atoms with Crippen LogP contribution in [0.1, 0.15) is 37.5 Å². The van der Waals surface area contributed by atoms with Gasteiger partial charge < -0.3 is 9.84 Å². The van der Waals surface area contributed by atoms with Crippen molar-refractivity contribution in [2.45, 2.75) is 37.4 Å². The summed E-state index contributed by atoms with van der Waals surface area (Å²) in [6.07, 6.45) is 0.480. The summed E-state index contributed by atoms with van der Waals surface area (Å²) in [5.41, 5.74) is 2.29. The molecule has 2 atom stereocenters. The number of hydrogen-bond acceptors (Lipinski definition) is 3. The van der Waals surface area contributed by atoms with E-state index in [9.17, 15) is 5.11 Å². The monoisotopic (exact) mass is 238 g/mol. The van der Waals surface area contributed by atoms with E-state index in [0.717, 1.165) is 23.5 Å². The number of fused-ring (bicyclic) bond motifs is 1. The zero-order valence-electron chi connectivity index (χ0n) is 9.77. The predicted octanol–water partition coefficient (Wildman–Crippen LogP) is 3.14. The molecule has 1 heterocycles. The maximum Gasteiger partial charge on any atom is 0.119 e. The number of ether oxygens (including phenoxy) is 1. The molecule has 0 saturated carbocycles. The number of aliphatic hydroxyl groups is 1. The summed E-state index contributed by atoms with van der Waals surface area (Å²) in [6, 6.07) is 6.06. The molecule has 2 nitrogen and oxygen atoms in total. The predicted molar refractivity (Wildman–Crippen MR) is 67.9 cm³/mol. The van der Waals surface area contributed by atoms with Crippen LogP contribution < -0.4 is 4.74 Å². The molecule has 0 radical (unpaired) electrons. The van der Waals surface area contributed by atoms with Crippen molar-refractivity contribution in [1.82, 2.24) is 0 Å². The molecule has 0 amide bonds. The molecule has 0 fully saturated rings. The fourth-order valence-electron chi connectivity index (χ4n) is 2.01. The number of benzene rings is 1. The van der Waals surface area contributed by atoms with Crippen molar-refractivity contribution in [3.8, 4) is 5.75 Å². The van der Waals surface area contributed by atoms with E-state index in [1.54, 1.807) is 0 Å². The van der Waals surface area contributed by atoms with Gasteiger partial charge in [-0.3, -0.25) is 0 Å². The molecule has 3 heteroatoms. The fraction of sp³-hybridized carbons (Fsp3) is 0.538. The van der Waals surface area contributed by atoms with Gasteiger partial charge in [0.2, 0.25) is 0 Å². The van der Waals surface area contributed by atoms with Crippen LogP contribution in [-0.4, -0.2) is 17.0 Å². The first-order valence-electron chi connectivity index (χ1n) is 5.76. The van der Waals surface area contributed by atoms with E-state index >= 15 is 0 Å². The first-order chi connectivity index (χ1) is 7.70. The molecular weight excluding hydrogens is 220 g/mol. The minimum Gasteiger partial charge on any atom is -0.494 e. The Morgan fingerprint density at radius 1 is 1.50 bits per heavy atom. The summed E-state index contributed by atoms with van der Waals surface area (Å²) < 4.78 is 5.47. The number of aliphatic hydroxyl groups excluding tert-OH is 1. The normalized spacial score (nSPS) is 24.7. The Hall–Kier alpha value is -0.670. The Bertz CT molecular complexity index is 365. The highest BCUT2D eigenvalue weighted by Gasteiger charge is 2.21. The number of thioether (sulfide) groups is 1. The van der Waals surface area contributed by atoms with Crippen LogP contribution in [0.5, 0.6) is 5.75 Å². The third-order valence-electron chi connectivity index (χ3n) is 2.87. The van der Waals surface area contributed by atoms with Crippen molar-refractivity contribution in [2.75, 3.05) is 6.61 Å². The molecule has 0 aromatic heterocycles. The van der Waals surface area contributed by atoms with E-state index in [0.29, 0.717) is 11.9 Å². The second kappa shape index (κ2) is 5.11. The lowest BCUT2D eigenvalue weighted by molar-refractivity contribution is 0.168. The maximum absolute atomic E-state index is 10.1. The van der Waals surface area contributed by atoms with Crippen molar-refractivity contribution in [3.63, 3.8) is 0 Å². The van der Waals surface area contributed by atoms with Crippen LogP contribution >= 0.6 is 11.8 Å². The Morgan fingerprint density at radius 3 is 3.06 bits per heavy atom. The van der Waals surface area contributed by atoms with Gasteiger partial charge in [-0.05, 0) is 36.6 Å². The van der Waals surface area contributed by atoms with Crippen LogP contribution in [-0.2, 0) is 5.75 Å². The lowest BCUT2D eigenvalue weighted by atomic mass is 10.00. The van der Waals surface area contributed by atoms with E-state index in [1.807, 2.05) is 30.8 Å². The number of rotatable bonds is 2. The lowest BCUT2D eigenvalue weighted by Gasteiger charge is -2.14. The van der Waals surface area contributed by atoms with Crippen molar-refractivity contribution in [1.29, 1.82) is 0 Å². The molecule has 0 bridgehead atoms. The Labute approximate surface area is 101 Å². The topological polar surface area (TPSA) is 29.5 Å². The zero-order chi connectivity index (χ0) is 11.5. The lowest BCUT2D eigenvalue weighted by Crippen LogP contribution is -2.04. The second-order valence-corrected chi connectivity index (χ2v) is 5.59. The Kier molecular flexibility index (Phi) is 3.77. The standard InChI is InChI=1S/C13H18O2S/c1-3-15-11-5-4-10-8-16-9(2)6-13(14)12(10)7-11/h4-5,7,9,13-14H,3,6,8H2,1-2H3. The van der Waals surface area contributed by atoms with E-state index < -0.39 is 0 Å². The molecule has 0 spiro atoms. The van der Waals surface area contributed by atoms with Gasteiger partial charge in [0.05, 0.1) is 12.7 Å². The maximum atomic E-state index is 10.1. The highest BCUT2D eigenvalue weighted by molar-refractivity contribution is 7.99. The first-order valence-corrected chi connectivity index (χ1v) is 6.81. The van der Waals surface area contributed by atoms with Gasteiger partial charge in [-0.1, -0.05) is 13.0 Å². The largest absolute Gasteiger partial charge is 0.494 e. The van der Waals surface area contributed by atoms with Crippen LogP contribution in [0.2, 0.25) is 0 Å². The molecule has 88 valence electrons. The van der Waals surface area contributed by atoms with Gasteiger partial charge in [0, 0.05) is 11.0 Å². The summed E-state index contributed by atoms with van der Waals surface area (Å²) in [5.74, 6) is 1.85. The third-order valence-corrected chi connectivity index (χ3v) is 4.11. The fourth-order valence-corrected chi connectivity index (χ4v) is 3.06. The quantitative estimate of drug-likeness (QED) is 0.858. The Morgan fingerprint density at radius 2 is 2.31 bits per heavy atom. The van der Waals surface area contributed by atoms with Gasteiger partial charge in [0.25, 0.3) is 0 Å². The van der Waals surface area contributed by atoms with Gasteiger partial charge in [-0.15, -0.1) is 0 Å². The Balaban J connectivity index is 2.30. The highest BCUT2D eigenvalue weighted by Crippen LogP contribution is 2.36. The summed E-state index contributed by atoms with van der Waals surface area (Å²) in [5, 5.41) is 10.6. The molecule has 1 N–H and O–H groups in total. The van der Waals surface area contributed by atoms with Gasteiger partial charge in [0.1, 0.15) is 5.75 Å². The minimum absolute atomic E-state index is 0.347. The summed E-state index contributed by atoms with van der Waals surface area (Å²) in [6.45, 7) is 4.81. The molecule has 0 saturated heterocycles. The summed E-state index contributed by atoms with van der Waals surface area (Å²) in [4.78, 5) is 0. The molecule has 0 aliphatic carbocycles. The van der Waals surface area contributed by atoms with Crippen LogP contribution in [0.4, 0.5) is 0 Å². The first kappa shape index (κ1) is 11.8. The second-order valence-electron chi connectivity index (χ2n) is 4.17. The van der Waals surface area contributed by atoms with Crippen LogP contribution in [0.15, 0.2) is 18.2 Å². The zero-order valence-corrected chi connectivity index (χ0v) is 10.6. The van der Waals surface area contributed by atoms with Gasteiger partial charge in [0.15, 0.2) is 0 Å². The summed E-state index contributed by atoms with van der Waals surface area (Å²) >= 11 is 1.90. The molecule has 2 unspecified atom stereocenters. The van der Waals surface area contributed by atoms with Gasteiger partial charge in [-0.2, -0.15) is 11.8 Å². The van der Waals surface area contributed by atoms with Crippen LogP contribution in [0, 0.1) is 0 Å². The van der Waals surface area contributed by atoms with Crippen LogP contribution in [0.25, 0.3) is 0 Å². The molecule has 2 rings (SSSR count). The average Bonchev–Trinajstić information content (AvgIpc) is 2.40. The molecule has 1 aromatic carbocycles. The smallest absolute Gasteiger partial charge is 0.119 e. The van der Waals surface area contributed by atoms with Gasteiger partial charge in [-0.25, -0.2) is 0 Å². The van der Waals surface area contributed by atoms with Gasteiger partial charge >= 0.3 is 0 Å². The van der Waals surface area contributed by atoms with Crippen molar-refractivity contribution in [2.24, 2.45) is 0 Å². The molecule has 1 aliphatic rings. The van der Waals surface area contributed by atoms with E-state index in [4.69, 9.17) is 4.74 Å². The number of hydrogen-bond donors (Lipinski definition) is 1. The van der Waals surface area contributed by atoms with Crippen molar-refractivity contribution in [3.05, 3.63) is 29.3 Å². The molecular formula is C13H18O2S. The van der Waals surface area contributed by atoms with E-state index in [1.165, 1.54) is 5.56 Å². The van der Waals surface area contributed by atoms with Crippen molar-refractivity contribution < 1.29 is 9.84 Å². The SMILES string of the molecule is CCOc1ccc2c(c1)C(O)CC(C)SC2. The van der Waals surface area contributed by atoms with Crippen molar-refractivity contribution >= 4 is 11.8 Å². The summed E-state index contributed by atoms with van der Waals surface area (Å²) in [7, 11) is 0. The minimum atomic E-state index is -0.347. The average molecular weight is 238 g/mol. The van der Waals surface area contributed by atoms with E-state index in [-0.39, 0.29) is 6.10 Å². The highest BCUT2D eigenvalue weighted by atomic mass is 32.2. The molecule has 1 aliphatic heterocycles. The molecule has 1 aromatic rings. The third kappa shape index (κ3) is 2.53.